The topological polar surface area (TPSA) is 91.6 Å². The van der Waals surface area contributed by atoms with E-state index >= 15 is 0 Å². The maximum absolute atomic E-state index is 13.0. The number of nitrogens with one attached hydrogen (secondary N) is 1. The maximum atomic E-state index is 13.0. The zero-order chi connectivity index (χ0) is 24.8. The molecule has 0 fully saturated rings. The third-order valence-electron chi connectivity index (χ3n) is 5.64. The molecular formula is C27H27N3O5. The van der Waals surface area contributed by atoms with Gasteiger partial charge >= 0.3 is 11.1 Å². The number of ether oxygens (including phenoxy) is 2. The van der Waals surface area contributed by atoms with Crippen LogP contribution in [0.5, 0.6) is 11.5 Å². The first-order valence-electron chi connectivity index (χ1n) is 11.3. The quantitative estimate of drug-likeness (QED) is 0.378. The first-order chi connectivity index (χ1) is 17.0. The fourth-order valence-electron chi connectivity index (χ4n) is 3.95. The Bertz CT molecular complexity index is 1460. The average molecular weight is 474 g/mol. The van der Waals surface area contributed by atoms with Crippen molar-refractivity contribution in [3.05, 3.63) is 105 Å². The van der Waals surface area contributed by atoms with Crippen LogP contribution in [0.1, 0.15) is 18.1 Å². The van der Waals surface area contributed by atoms with Gasteiger partial charge < -0.3 is 14.8 Å². The molecule has 3 aromatic carbocycles. The van der Waals surface area contributed by atoms with E-state index in [-0.39, 0.29) is 25.5 Å². The molecular weight excluding hydrogens is 446 g/mol. The lowest BCUT2D eigenvalue weighted by Gasteiger charge is -2.15. The minimum absolute atomic E-state index is 0.237. The molecule has 35 heavy (non-hydrogen) atoms. The van der Waals surface area contributed by atoms with Gasteiger partial charge in [0.25, 0.3) is 0 Å². The van der Waals surface area contributed by atoms with E-state index in [1.165, 1.54) is 9.13 Å². The number of hydrogen-bond acceptors (Lipinski definition) is 5. The molecule has 1 aromatic heterocycles. The van der Waals surface area contributed by atoms with E-state index < -0.39 is 11.1 Å². The van der Waals surface area contributed by atoms with Crippen molar-refractivity contribution in [2.45, 2.75) is 26.6 Å². The molecule has 0 aliphatic carbocycles. The number of fused-ring (bicyclic) bond motifs is 1. The Hall–Kier alpha value is -4.33. The first kappa shape index (κ1) is 23.8. The van der Waals surface area contributed by atoms with E-state index in [9.17, 15) is 14.4 Å². The van der Waals surface area contributed by atoms with Crippen molar-refractivity contribution in [1.82, 2.24) is 14.5 Å². The van der Waals surface area contributed by atoms with Gasteiger partial charge in [-0.2, -0.15) is 0 Å². The van der Waals surface area contributed by atoms with E-state index in [2.05, 4.69) is 5.32 Å². The number of benzene rings is 3. The van der Waals surface area contributed by atoms with E-state index in [1.807, 2.05) is 43.3 Å². The minimum Gasteiger partial charge on any atom is -0.493 e. The van der Waals surface area contributed by atoms with E-state index in [0.717, 1.165) is 11.1 Å². The molecule has 0 unspecified atom stereocenters. The number of rotatable bonds is 9. The van der Waals surface area contributed by atoms with E-state index in [1.54, 1.807) is 43.5 Å². The molecule has 1 heterocycles. The largest absolute Gasteiger partial charge is 0.493 e. The summed E-state index contributed by atoms with van der Waals surface area (Å²) in [7, 11) is 1.56. The Kier molecular flexibility index (Phi) is 7.30. The highest BCUT2D eigenvalue weighted by Gasteiger charge is 2.16. The summed E-state index contributed by atoms with van der Waals surface area (Å²) in [4.78, 5) is 38.8. The predicted molar refractivity (Wildman–Crippen MR) is 134 cm³/mol. The van der Waals surface area contributed by atoms with Crippen molar-refractivity contribution in [2.75, 3.05) is 13.7 Å². The van der Waals surface area contributed by atoms with Gasteiger partial charge in [-0.05, 0) is 42.3 Å². The predicted octanol–water partition coefficient (Wildman–Crippen LogP) is 2.94. The summed E-state index contributed by atoms with van der Waals surface area (Å²) in [5.74, 6) is 0.813. The Balaban J connectivity index is 1.58. The second-order valence-electron chi connectivity index (χ2n) is 7.95. The third kappa shape index (κ3) is 5.27. The van der Waals surface area contributed by atoms with Crippen LogP contribution in [-0.4, -0.2) is 28.8 Å². The lowest BCUT2D eigenvalue weighted by molar-refractivity contribution is -0.121. The zero-order valence-corrected chi connectivity index (χ0v) is 19.7. The molecule has 8 heteroatoms. The molecule has 0 atom stereocenters. The Morgan fingerprint density at radius 3 is 2.17 bits per heavy atom. The summed E-state index contributed by atoms with van der Waals surface area (Å²) < 4.78 is 13.6. The van der Waals surface area contributed by atoms with Crippen molar-refractivity contribution in [1.29, 1.82) is 0 Å². The van der Waals surface area contributed by atoms with Crippen LogP contribution in [0, 0.1) is 0 Å². The molecule has 4 aromatic rings. The fraction of sp³-hybridized carbons (Fsp3) is 0.222. The molecule has 0 saturated heterocycles. The summed E-state index contributed by atoms with van der Waals surface area (Å²) in [5, 5.41) is 2.82. The second kappa shape index (κ2) is 10.7. The number of amides is 1. The molecule has 8 nitrogen and oxygen atoms in total. The van der Waals surface area contributed by atoms with Crippen LogP contribution in [-0.2, 0) is 24.4 Å². The summed E-state index contributed by atoms with van der Waals surface area (Å²) in [5.41, 5.74) is 1.42. The summed E-state index contributed by atoms with van der Waals surface area (Å²) >= 11 is 0. The van der Waals surface area contributed by atoms with Gasteiger partial charge in [0.05, 0.1) is 31.3 Å². The van der Waals surface area contributed by atoms with Crippen LogP contribution in [0.3, 0.4) is 0 Å². The van der Waals surface area contributed by atoms with Crippen molar-refractivity contribution in [3.63, 3.8) is 0 Å². The van der Waals surface area contributed by atoms with Crippen LogP contribution in [0.25, 0.3) is 11.0 Å². The standard InChI is InChI=1S/C27H27N3O5/c1-3-35-24-15-20(13-14-23(24)34-2)16-28-25(31)18-30-22-12-8-7-11-21(22)29(26(32)27(30)33)17-19-9-5-4-6-10-19/h4-15H,3,16-18H2,1-2H3,(H,28,31). The SMILES string of the molecule is CCOc1cc(CNC(=O)Cn2c(=O)c(=O)n(Cc3ccccc3)c3ccccc32)ccc1OC. The molecule has 0 bridgehead atoms. The number of nitrogens with zero attached hydrogens (tertiary/aromatic N) is 2. The monoisotopic (exact) mass is 473 g/mol. The molecule has 1 amide bonds. The minimum atomic E-state index is -0.738. The molecule has 0 aliphatic heterocycles. The van der Waals surface area contributed by atoms with Crippen LogP contribution >= 0.6 is 0 Å². The van der Waals surface area contributed by atoms with Gasteiger partial charge in [0.1, 0.15) is 6.54 Å². The van der Waals surface area contributed by atoms with Gasteiger partial charge in [-0.1, -0.05) is 48.5 Å². The highest BCUT2D eigenvalue weighted by atomic mass is 16.5. The molecule has 0 radical (unpaired) electrons. The van der Waals surface area contributed by atoms with Crippen LogP contribution < -0.4 is 25.9 Å². The van der Waals surface area contributed by atoms with Gasteiger partial charge in [-0.25, -0.2) is 0 Å². The van der Waals surface area contributed by atoms with Crippen LogP contribution in [0.15, 0.2) is 82.4 Å². The number of methoxy groups -OCH3 is 1. The molecule has 0 aliphatic rings. The molecule has 180 valence electrons. The first-order valence-corrected chi connectivity index (χ1v) is 11.3. The highest BCUT2D eigenvalue weighted by molar-refractivity contribution is 5.80. The number of para-hydroxylation sites is 2. The Morgan fingerprint density at radius 1 is 0.829 bits per heavy atom. The summed E-state index contributed by atoms with van der Waals surface area (Å²) in [6.07, 6.45) is 0. The molecule has 0 saturated carbocycles. The fourth-order valence-corrected chi connectivity index (χ4v) is 3.95. The maximum Gasteiger partial charge on any atom is 0.317 e. The van der Waals surface area contributed by atoms with Crippen LogP contribution in [0.2, 0.25) is 0 Å². The second-order valence-corrected chi connectivity index (χ2v) is 7.95. The zero-order valence-electron chi connectivity index (χ0n) is 19.7. The van der Waals surface area contributed by atoms with Gasteiger partial charge in [0.15, 0.2) is 11.5 Å². The van der Waals surface area contributed by atoms with Crippen molar-refractivity contribution >= 4 is 16.9 Å². The van der Waals surface area contributed by atoms with E-state index in [4.69, 9.17) is 9.47 Å². The Labute approximate surface area is 202 Å². The van der Waals surface area contributed by atoms with Gasteiger partial charge in [-0.3, -0.25) is 23.5 Å². The summed E-state index contributed by atoms with van der Waals surface area (Å²) in [6, 6.07) is 22.0. The Morgan fingerprint density at radius 2 is 1.49 bits per heavy atom. The van der Waals surface area contributed by atoms with Crippen molar-refractivity contribution < 1.29 is 14.3 Å². The van der Waals surface area contributed by atoms with Gasteiger partial charge in [0, 0.05) is 6.54 Å². The molecule has 0 spiro atoms. The smallest absolute Gasteiger partial charge is 0.317 e. The van der Waals surface area contributed by atoms with Crippen molar-refractivity contribution in [2.24, 2.45) is 0 Å². The highest BCUT2D eigenvalue weighted by Crippen LogP contribution is 2.28. The normalized spacial score (nSPS) is 10.8. The molecule has 4 rings (SSSR count). The number of carbonyl (C=O) groups is 1. The lowest BCUT2D eigenvalue weighted by Crippen LogP contribution is -2.44. The average Bonchev–Trinajstić information content (AvgIpc) is 2.89. The van der Waals surface area contributed by atoms with Gasteiger partial charge in [-0.15, -0.1) is 0 Å². The number of carbonyl (C=O) groups excluding carboxylic acids is 1. The van der Waals surface area contributed by atoms with E-state index in [0.29, 0.717) is 29.1 Å². The molecule has 1 N–H and O–H groups in total. The number of aromatic nitrogens is 2. The van der Waals surface area contributed by atoms with Crippen molar-refractivity contribution in [3.8, 4) is 11.5 Å². The summed E-state index contributed by atoms with van der Waals surface area (Å²) in [6.45, 7) is 2.60. The number of hydrogen-bond donors (Lipinski definition) is 1. The third-order valence-corrected chi connectivity index (χ3v) is 5.64. The van der Waals surface area contributed by atoms with Gasteiger partial charge in [0.2, 0.25) is 5.91 Å². The lowest BCUT2D eigenvalue weighted by atomic mass is 10.2. The van der Waals surface area contributed by atoms with Crippen LogP contribution in [0.4, 0.5) is 0 Å².